The lowest BCUT2D eigenvalue weighted by atomic mass is 9.52. The summed E-state index contributed by atoms with van der Waals surface area (Å²) in [6, 6.07) is 8.08. The van der Waals surface area contributed by atoms with Gasteiger partial charge in [-0.05, 0) is 68.6 Å². The average molecular weight is 825 g/mol. The van der Waals surface area contributed by atoms with Gasteiger partial charge in [0.1, 0.15) is 23.9 Å². The van der Waals surface area contributed by atoms with E-state index < -0.39 is 114 Å². The van der Waals surface area contributed by atoms with Crippen molar-refractivity contribution in [3.05, 3.63) is 47.0 Å². The Labute approximate surface area is 331 Å². The smallest absolute Gasteiger partial charge is 0.338 e. The summed E-state index contributed by atoms with van der Waals surface area (Å²) >= 11 is 0. The molecular formula is C40H60O14SSi. The molecule has 0 spiro atoms. The Kier molecular flexibility index (Phi) is 12.6. The molecule has 0 saturated heterocycles. The number of benzene rings is 1. The van der Waals surface area contributed by atoms with Gasteiger partial charge in [-0.15, -0.1) is 0 Å². The lowest BCUT2D eigenvalue weighted by Crippen LogP contribution is -2.71. The molecule has 2 saturated carbocycles. The van der Waals surface area contributed by atoms with Crippen molar-refractivity contribution in [1.29, 1.82) is 0 Å². The van der Waals surface area contributed by atoms with Gasteiger partial charge < -0.3 is 33.6 Å². The van der Waals surface area contributed by atoms with E-state index in [1.165, 1.54) is 39.8 Å². The van der Waals surface area contributed by atoms with Gasteiger partial charge in [0.25, 0.3) is 10.1 Å². The predicted molar refractivity (Wildman–Crippen MR) is 207 cm³/mol. The molecule has 9 atom stereocenters. The van der Waals surface area contributed by atoms with Crippen molar-refractivity contribution in [1.82, 2.24) is 0 Å². The van der Waals surface area contributed by atoms with Crippen LogP contribution in [-0.4, -0.2) is 105 Å². The molecule has 0 radical (unpaired) electrons. The van der Waals surface area contributed by atoms with E-state index in [4.69, 9.17) is 27.6 Å². The minimum absolute atomic E-state index is 0.0645. The molecule has 3 aliphatic carbocycles. The number of aliphatic hydroxyl groups is 2. The van der Waals surface area contributed by atoms with Gasteiger partial charge in [0, 0.05) is 44.9 Å². The lowest BCUT2D eigenvalue weighted by molar-refractivity contribution is -0.261. The van der Waals surface area contributed by atoms with Crippen molar-refractivity contribution in [2.45, 2.75) is 148 Å². The van der Waals surface area contributed by atoms with Crippen LogP contribution in [0.5, 0.6) is 0 Å². The minimum atomic E-state index is -4.29. The van der Waals surface area contributed by atoms with Crippen LogP contribution in [-0.2, 0) is 52.1 Å². The molecule has 0 aromatic heterocycles. The molecule has 0 bridgehead atoms. The largest absolute Gasteiger partial charge is 0.462 e. The van der Waals surface area contributed by atoms with Crippen LogP contribution in [0, 0.1) is 16.7 Å². The molecule has 0 amide bonds. The van der Waals surface area contributed by atoms with Crippen molar-refractivity contribution in [2.75, 3.05) is 12.9 Å². The Morgan fingerprint density at radius 3 is 1.91 bits per heavy atom. The molecular weight excluding hydrogens is 765 g/mol. The number of carbonyl (C=O) groups excluding carboxylic acids is 4. The molecule has 4 rings (SSSR count). The first-order valence-corrected chi connectivity index (χ1v) is 23.6. The van der Waals surface area contributed by atoms with Gasteiger partial charge in [0.2, 0.25) is 0 Å². The Morgan fingerprint density at radius 2 is 1.43 bits per heavy atom. The molecule has 0 aliphatic heterocycles. The maximum atomic E-state index is 14.2. The zero-order chi connectivity index (χ0) is 42.6. The normalized spacial score (nSPS) is 32.4. The number of esters is 4. The summed E-state index contributed by atoms with van der Waals surface area (Å²) in [5.41, 5.74) is -6.36. The first-order chi connectivity index (χ1) is 25.4. The molecule has 16 heteroatoms. The van der Waals surface area contributed by atoms with Crippen molar-refractivity contribution < 1.29 is 65.4 Å². The molecule has 2 N–H and O–H groups in total. The van der Waals surface area contributed by atoms with E-state index in [0.717, 1.165) is 13.2 Å². The number of hydrogen-bond acceptors (Lipinski definition) is 14. The molecule has 0 heterocycles. The molecule has 3 aliphatic rings. The third-order valence-corrected chi connectivity index (χ3v) is 17.9. The fraction of sp³-hybridized carbons (Fsp3) is 0.700. The van der Waals surface area contributed by atoms with Gasteiger partial charge in [-0.2, -0.15) is 8.42 Å². The first-order valence-electron chi connectivity index (χ1n) is 18.9. The highest BCUT2D eigenvalue weighted by Crippen LogP contribution is 2.67. The van der Waals surface area contributed by atoms with E-state index >= 15 is 0 Å². The van der Waals surface area contributed by atoms with E-state index in [1.54, 1.807) is 32.0 Å². The highest BCUT2D eigenvalue weighted by Gasteiger charge is 2.74. The average Bonchev–Trinajstić information content (AvgIpc) is 3.27. The van der Waals surface area contributed by atoms with E-state index in [-0.39, 0.29) is 29.0 Å². The molecule has 0 unspecified atom stereocenters. The second-order valence-electron chi connectivity index (χ2n) is 18.0. The minimum Gasteiger partial charge on any atom is -0.462 e. The summed E-state index contributed by atoms with van der Waals surface area (Å²) in [6.07, 6.45) is -6.78. The third-order valence-electron chi connectivity index (χ3n) is 12.8. The topological polar surface area (TPSA) is 198 Å². The summed E-state index contributed by atoms with van der Waals surface area (Å²) in [5.74, 6) is -4.30. The summed E-state index contributed by atoms with van der Waals surface area (Å²) in [6.45, 7) is 19.4. The molecule has 1 aromatic carbocycles. The monoisotopic (exact) mass is 824 g/mol. The third kappa shape index (κ3) is 8.65. The van der Waals surface area contributed by atoms with Gasteiger partial charge in [-0.1, -0.05) is 45.9 Å². The van der Waals surface area contributed by atoms with Crippen molar-refractivity contribution in [2.24, 2.45) is 16.7 Å². The second kappa shape index (κ2) is 15.5. The quantitative estimate of drug-likeness (QED) is 0.0993. The number of fused-ring (bicyclic) bond motifs is 2. The highest BCUT2D eigenvalue weighted by molar-refractivity contribution is 7.86. The maximum Gasteiger partial charge on any atom is 0.338 e. The van der Waals surface area contributed by atoms with Crippen LogP contribution in [0.1, 0.15) is 98.9 Å². The Balaban J connectivity index is 2.19. The van der Waals surface area contributed by atoms with E-state index in [9.17, 15) is 37.8 Å². The Bertz CT molecular complexity index is 1830. The van der Waals surface area contributed by atoms with Crippen molar-refractivity contribution >= 4 is 42.3 Å². The van der Waals surface area contributed by atoms with Crippen LogP contribution in [0.25, 0.3) is 0 Å². The Hall–Kier alpha value is -3.15. The van der Waals surface area contributed by atoms with Crippen LogP contribution < -0.4 is 0 Å². The predicted octanol–water partition coefficient (Wildman–Crippen LogP) is 5.01. The molecule has 56 heavy (non-hydrogen) atoms. The van der Waals surface area contributed by atoms with E-state index in [0.29, 0.717) is 5.57 Å². The van der Waals surface area contributed by atoms with Crippen LogP contribution in [0.15, 0.2) is 41.5 Å². The van der Waals surface area contributed by atoms with Crippen LogP contribution in [0.2, 0.25) is 18.1 Å². The van der Waals surface area contributed by atoms with Gasteiger partial charge in [0.15, 0.2) is 20.5 Å². The number of carbonyl (C=O) groups is 4. The number of rotatable bonds is 11. The zero-order valence-corrected chi connectivity index (χ0v) is 36.7. The van der Waals surface area contributed by atoms with Gasteiger partial charge in [0.05, 0.1) is 29.4 Å². The Morgan fingerprint density at radius 1 is 0.875 bits per heavy atom. The number of ether oxygens (including phenoxy) is 4. The summed E-state index contributed by atoms with van der Waals surface area (Å²) in [4.78, 5) is 53.0. The SMILES string of the molecule is CC(=O)O[C@H]1C[C@@]2(C(C)(C)O)C[C@@H]3[C@](O)(CO[Si](C)(C)C(C)(C)C)[C@@H](OS(C)(=O)=O)C[C@H](OC(C)=O)[C@@]3(C)[C@@H](OC(C)=O)[C@H](OC(=O)c3ccccc3)C2=C1C. The summed E-state index contributed by atoms with van der Waals surface area (Å²) in [7, 11) is -7.01. The van der Waals surface area contributed by atoms with Gasteiger partial charge in [-0.3, -0.25) is 18.6 Å². The first kappa shape index (κ1) is 45.5. The van der Waals surface area contributed by atoms with Gasteiger partial charge >= 0.3 is 23.9 Å². The van der Waals surface area contributed by atoms with Crippen LogP contribution in [0.3, 0.4) is 0 Å². The molecule has 314 valence electrons. The fourth-order valence-corrected chi connectivity index (χ4v) is 10.6. The fourth-order valence-electron chi connectivity index (χ4n) is 8.88. The molecule has 14 nitrogen and oxygen atoms in total. The number of hydrogen-bond donors (Lipinski definition) is 2. The van der Waals surface area contributed by atoms with Gasteiger partial charge in [-0.25, -0.2) is 4.79 Å². The van der Waals surface area contributed by atoms with E-state index in [1.807, 2.05) is 33.9 Å². The zero-order valence-electron chi connectivity index (χ0n) is 34.9. The van der Waals surface area contributed by atoms with Crippen molar-refractivity contribution in [3.8, 4) is 0 Å². The summed E-state index contributed by atoms with van der Waals surface area (Å²) < 4.78 is 62.9. The van der Waals surface area contributed by atoms with Crippen molar-refractivity contribution in [3.63, 3.8) is 0 Å². The molecule has 1 aromatic rings. The van der Waals surface area contributed by atoms with Crippen LogP contribution >= 0.6 is 0 Å². The maximum absolute atomic E-state index is 14.2. The van der Waals surface area contributed by atoms with E-state index in [2.05, 4.69) is 0 Å². The summed E-state index contributed by atoms with van der Waals surface area (Å²) in [5, 5.41) is 25.6. The highest BCUT2D eigenvalue weighted by atomic mass is 32.2. The second-order valence-corrected chi connectivity index (χ2v) is 24.5. The lowest BCUT2D eigenvalue weighted by Gasteiger charge is -2.59. The standard InChI is InChI=1S/C40H60O14SSi/c1-23-28(50-24(2)41)20-39(37(8,9)45)21-29-38(10,34(52-26(4)43)33(32(23)39)53-35(44)27-17-15-14-16-18-27)30(51-25(3)42)19-31(54-55(11,47)48)40(29,46)22-49-56(12,13)36(5,6)7/h14-18,28-31,33-34,45-46H,19-22H2,1-13H3/t28-,29-,30-,31-,33+,34-,38-,39+,40+/m0/s1. The molecule has 2 fully saturated rings. The van der Waals surface area contributed by atoms with Crippen LogP contribution in [0.4, 0.5) is 0 Å².